The fourth-order valence-electron chi connectivity index (χ4n) is 3.18. The summed E-state index contributed by atoms with van der Waals surface area (Å²) in [7, 11) is -3.84. The van der Waals surface area contributed by atoms with Gasteiger partial charge in [-0.15, -0.1) is 0 Å². The number of aryl methyl sites for hydroxylation is 2. The minimum Gasteiger partial charge on any atom is -0.478 e. The monoisotopic (exact) mass is 457 g/mol. The lowest BCUT2D eigenvalue weighted by molar-refractivity contribution is 0.0695. The number of carbonyl (C=O) groups is 1. The molecule has 0 radical (unpaired) electrons. The van der Waals surface area contributed by atoms with Gasteiger partial charge in [0.15, 0.2) is 0 Å². The Balaban J connectivity index is 1.60. The standard InChI is InChI=1S/C24H24FNO5S/c1-3-18-6-10-21(15-22(18)24(27)28)32(29,30)26-13-12-17-4-7-19(8-5-17)31-20-9-11-23(25)16(2)14-20/h4-11,14-15,26H,3,12-13H2,1-2H3,(H,27,28). The van der Waals surface area contributed by atoms with Crippen molar-refractivity contribution >= 4 is 16.0 Å². The molecule has 0 bridgehead atoms. The lowest BCUT2D eigenvalue weighted by Crippen LogP contribution is -2.26. The largest absolute Gasteiger partial charge is 0.478 e. The Morgan fingerprint density at radius 1 is 1.03 bits per heavy atom. The molecule has 0 heterocycles. The summed E-state index contributed by atoms with van der Waals surface area (Å²) in [5.41, 5.74) is 1.95. The number of carboxylic acids is 1. The van der Waals surface area contributed by atoms with Crippen LogP contribution in [0.1, 0.15) is 34.0 Å². The summed E-state index contributed by atoms with van der Waals surface area (Å²) >= 11 is 0. The van der Waals surface area contributed by atoms with Crippen molar-refractivity contribution in [2.75, 3.05) is 6.54 Å². The van der Waals surface area contributed by atoms with E-state index in [1.54, 1.807) is 31.2 Å². The first kappa shape index (κ1) is 23.4. The molecule has 2 N–H and O–H groups in total. The first-order valence-corrected chi connectivity index (χ1v) is 11.6. The SMILES string of the molecule is CCc1ccc(S(=O)(=O)NCCc2ccc(Oc3ccc(F)c(C)c3)cc2)cc1C(=O)O. The van der Waals surface area contributed by atoms with E-state index in [1.807, 2.05) is 19.1 Å². The Hall–Kier alpha value is -3.23. The van der Waals surface area contributed by atoms with Crippen LogP contribution in [0.15, 0.2) is 65.6 Å². The number of carboxylic acid groups (broad SMARTS) is 1. The summed E-state index contributed by atoms with van der Waals surface area (Å²) < 4.78 is 46.7. The van der Waals surface area contributed by atoms with Crippen LogP contribution in [0.4, 0.5) is 4.39 Å². The fourth-order valence-corrected chi connectivity index (χ4v) is 4.24. The maximum absolute atomic E-state index is 13.4. The second-order valence-corrected chi connectivity index (χ2v) is 9.05. The van der Waals surface area contributed by atoms with Gasteiger partial charge in [0.2, 0.25) is 10.0 Å². The van der Waals surface area contributed by atoms with Crippen molar-refractivity contribution in [3.63, 3.8) is 0 Å². The van der Waals surface area contributed by atoms with Gasteiger partial charge in [-0.3, -0.25) is 0 Å². The number of hydrogen-bond donors (Lipinski definition) is 2. The predicted octanol–water partition coefficient (Wildman–Crippen LogP) is 4.71. The maximum atomic E-state index is 13.4. The maximum Gasteiger partial charge on any atom is 0.336 e. The zero-order valence-electron chi connectivity index (χ0n) is 17.8. The third-order valence-electron chi connectivity index (χ3n) is 5.00. The van der Waals surface area contributed by atoms with Gasteiger partial charge in [0.25, 0.3) is 0 Å². The molecule has 6 nitrogen and oxygen atoms in total. The molecule has 0 atom stereocenters. The number of rotatable bonds is 9. The van der Waals surface area contributed by atoms with E-state index in [0.29, 0.717) is 35.5 Å². The number of benzene rings is 3. The van der Waals surface area contributed by atoms with Crippen molar-refractivity contribution in [2.45, 2.75) is 31.6 Å². The molecule has 0 spiro atoms. The number of halogens is 1. The first-order valence-electron chi connectivity index (χ1n) is 10.1. The van der Waals surface area contributed by atoms with Gasteiger partial charge < -0.3 is 9.84 Å². The van der Waals surface area contributed by atoms with Crippen molar-refractivity contribution in [3.05, 3.63) is 88.7 Å². The van der Waals surface area contributed by atoms with Crippen molar-refractivity contribution in [3.8, 4) is 11.5 Å². The van der Waals surface area contributed by atoms with E-state index in [-0.39, 0.29) is 22.8 Å². The van der Waals surface area contributed by atoms with Gasteiger partial charge in [0.1, 0.15) is 17.3 Å². The van der Waals surface area contributed by atoms with Crippen LogP contribution >= 0.6 is 0 Å². The van der Waals surface area contributed by atoms with E-state index >= 15 is 0 Å². The summed E-state index contributed by atoms with van der Waals surface area (Å²) in [5, 5.41) is 9.31. The lowest BCUT2D eigenvalue weighted by Gasteiger charge is -2.10. The van der Waals surface area contributed by atoms with Crippen LogP contribution in [0.3, 0.4) is 0 Å². The Morgan fingerprint density at radius 3 is 2.34 bits per heavy atom. The summed E-state index contributed by atoms with van der Waals surface area (Å²) in [6.07, 6.45) is 0.934. The van der Waals surface area contributed by atoms with E-state index in [4.69, 9.17) is 4.74 Å². The van der Waals surface area contributed by atoms with E-state index in [1.165, 1.54) is 24.3 Å². The van der Waals surface area contributed by atoms with Gasteiger partial charge in [-0.2, -0.15) is 0 Å². The topological polar surface area (TPSA) is 92.7 Å². The average Bonchev–Trinajstić information content (AvgIpc) is 2.77. The van der Waals surface area contributed by atoms with E-state index < -0.39 is 16.0 Å². The van der Waals surface area contributed by atoms with Crippen molar-refractivity contribution in [2.24, 2.45) is 0 Å². The molecule has 0 aliphatic carbocycles. The summed E-state index contributed by atoms with van der Waals surface area (Å²) in [5.74, 6) is -0.343. The van der Waals surface area contributed by atoms with Crippen LogP contribution in [0.2, 0.25) is 0 Å². The molecule has 0 saturated heterocycles. The van der Waals surface area contributed by atoms with Crippen molar-refractivity contribution in [1.82, 2.24) is 4.72 Å². The Bertz CT molecular complexity index is 1220. The van der Waals surface area contributed by atoms with E-state index in [0.717, 1.165) is 5.56 Å². The first-order chi connectivity index (χ1) is 15.2. The highest BCUT2D eigenvalue weighted by atomic mass is 32.2. The molecular formula is C24H24FNO5S. The minimum atomic E-state index is -3.84. The summed E-state index contributed by atoms with van der Waals surface area (Å²) in [6, 6.07) is 15.8. The fraction of sp³-hybridized carbons (Fsp3) is 0.208. The summed E-state index contributed by atoms with van der Waals surface area (Å²) in [6.45, 7) is 3.62. The molecule has 3 aromatic carbocycles. The zero-order chi connectivity index (χ0) is 23.3. The van der Waals surface area contributed by atoms with Crippen LogP contribution in [0.5, 0.6) is 11.5 Å². The third-order valence-corrected chi connectivity index (χ3v) is 6.46. The highest BCUT2D eigenvalue weighted by Gasteiger charge is 2.18. The molecule has 0 aliphatic rings. The van der Waals surface area contributed by atoms with E-state index in [9.17, 15) is 22.7 Å². The molecule has 3 aromatic rings. The van der Waals surface area contributed by atoms with E-state index in [2.05, 4.69) is 4.72 Å². The van der Waals surface area contributed by atoms with Crippen LogP contribution in [0.25, 0.3) is 0 Å². The molecule has 3 rings (SSSR count). The molecule has 0 fully saturated rings. The highest BCUT2D eigenvalue weighted by Crippen LogP contribution is 2.24. The van der Waals surface area contributed by atoms with Crippen LogP contribution in [-0.2, 0) is 22.9 Å². The quantitative estimate of drug-likeness (QED) is 0.486. The molecule has 168 valence electrons. The van der Waals surface area contributed by atoms with Gasteiger partial charge in [-0.25, -0.2) is 22.3 Å². The number of ether oxygens (including phenoxy) is 1. The highest BCUT2D eigenvalue weighted by molar-refractivity contribution is 7.89. The van der Waals surface area contributed by atoms with Gasteiger partial charge in [0.05, 0.1) is 10.5 Å². The Labute approximate surface area is 186 Å². The molecule has 0 aromatic heterocycles. The van der Waals surface area contributed by atoms with Crippen molar-refractivity contribution in [1.29, 1.82) is 0 Å². The van der Waals surface area contributed by atoms with Crippen LogP contribution in [-0.4, -0.2) is 26.0 Å². The average molecular weight is 458 g/mol. The lowest BCUT2D eigenvalue weighted by atomic mass is 10.1. The number of nitrogens with one attached hydrogen (secondary N) is 1. The second kappa shape index (κ2) is 9.93. The molecule has 0 aliphatic heterocycles. The Kier molecular flexibility index (Phi) is 7.27. The van der Waals surface area contributed by atoms with Gasteiger partial charge in [-0.05, 0) is 78.9 Å². The normalized spacial score (nSPS) is 11.3. The number of aromatic carboxylic acids is 1. The van der Waals surface area contributed by atoms with Gasteiger partial charge >= 0.3 is 5.97 Å². The number of hydrogen-bond acceptors (Lipinski definition) is 4. The smallest absolute Gasteiger partial charge is 0.336 e. The minimum absolute atomic E-state index is 0.0117. The molecule has 0 unspecified atom stereocenters. The zero-order valence-corrected chi connectivity index (χ0v) is 18.6. The predicted molar refractivity (Wildman–Crippen MR) is 119 cm³/mol. The third kappa shape index (κ3) is 5.72. The molecular weight excluding hydrogens is 433 g/mol. The summed E-state index contributed by atoms with van der Waals surface area (Å²) in [4.78, 5) is 11.3. The van der Waals surface area contributed by atoms with Gasteiger partial charge in [-0.1, -0.05) is 25.1 Å². The molecule has 0 amide bonds. The second-order valence-electron chi connectivity index (χ2n) is 7.28. The van der Waals surface area contributed by atoms with Gasteiger partial charge in [0, 0.05) is 6.54 Å². The van der Waals surface area contributed by atoms with Crippen LogP contribution < -0.4 is 9.46 Å². The molecule has 8 heteroatoms. The molecule has 0 saturated carbocycles. The number of sulfonamides is 1. The molecule has 32 heavy (non-hydrogen) atoms. The Morgan fingerprint density at radius 2 is 1.72 bits per heavy atom. The van der Waals surface area contributed by atoms with Crippen LogP contribution in [0, 0.1) is 12.7 Å². The van der Waals surface area contributed by atoms with Crippen molar-refractivity contribution < 1.29 is 27.4 Å².